The maximum absolute atomic E-state index is 13.5. The van der Waals surface area contributed by atoms with Crippen LogP contribution < -0.4 is 0 Å². The van der Waals surface area contributed by atoms with Crippen LogP contribution in [0.1, 0.15) is 72.1 Å². The van der Waals surface area contributed by atoms with Gasteiger partial charge in [-0.2, -0.15) is 0 Å². The monoisotopic (exact) mass is 404 g/mol. The normalized spacial score (nSPS) is 46.5. The highest BCUT2D eigenvalue weighted by Gasteiger charge is 2.69. The number of ketones is 3. The van der Waals surface area contributed by atoms with Crippen molar-refractivity contribution >= 4 is 23.3 Å². The summed E-state index contributed by atoms with van der Waals surface area (Å²) < 4.78 is 4.87. The molecule has 29 heavy (non-hydrogen) atoms. The largest absolute Gasteiger partial charge is 0.458 e. The molecule has 4 aliphatic carbocycles. The van der Waals surface area contributed by atoms with Crippen molar-refractivity contribution in [3.05, 3.63) is 0 Å². The lowest BCUT2D eigenvalue weighted by atomic mass is 9.44. The highest BCUT2D eigenvalue weighted by molar-refractivity contribution is 5.93. The first-order valence-electron chi connectivity index (χ1n) is 11.0. The van der Waals surface area contributed by atoms with Gasteiger partial charge in [-0.05, 0) is 55.3 Å². The van der Waals surface area contributed by atoms with Gasteiger partial charge in [0.05, 0.1) is 0 Å². The summed E-state index contributed by atoms with van der Waals surface area (Å²) in [5.74, 6) is -0.187. The van der Waals surface area contributed by atoms with Crippen LogP contribution in [-0.4, -0.2) is 40.6 Å². The number of carbonyl (C=O) groups excluding carboxylic acids is 4. The van der Waals surface area contributed by atoms with E-state index in [-0.39, 0.29) is 41.3 Å². The molecule has 4 rings (SSSR count). The predicted octanol–water partition coefficient (Wildman–Crippen LogP) is 2.64. The van der Waals surface area contributed by atoms with Gasteiger partial charge in [-0.3, -0.25) is 19.2 Å². The first-order valence-corrected chi connectivity index (χ1v) is 11.0. The van der Waals surface area contributed by atoms with Gasteiger partial charge in [0.25, 0.3) is 0 Å². The van der Waals surface area contributed by atoms with E-state index in [9.17, 15) is 24.3 Å². The van der Waals surface area contributed by atoms with Gasteiger partial charge >= 0.3 is 5.97 Å². The van der Waals surface area contributed by atoms with Crippen LogP contribution >= 0.6 is 0 Å². The molecule has 4 saturated carbocycles. The molecule has 0 spiro atoms. The van der Waals surface area contributed by atoms with Crippen molar-refractivity contribution in [2.75, 3.05) is 6.61 Å². The van der Waals surface area contributed by atoms with Crippen LogP contribution in [0.5, 0.6) is 0 Å². The van der Waals surface area contributed by atoms with Crippen LogP contribution in [0.25, 0.3) is 0 Å². The van der Waals surface area contributed by atoms with Gasteiger partial charge < -0.3 is 9.84 Å². The van der Waals surface area contributed by atoms with Crippen LogP contribution in [0.2, 0.25) is 0 Å². The first-order chi connectivity index (χ1) is 13.5. The van der Waals surface area contributed by atoms with Gasteiger partial charge in [-0.25, -0.2) is 0 Å². The Morgan fingerprint density at radius 3 is 2.55 bits per heavy atom. The topological polar surface area (TPSA) is 97.7 Å². The van der Waals surface area contributed by atoms with E-state index in [0.717, 1.165) is 19.3 Å². The van der Waals surface area contributed by atoms with E-state index in [1.165, 1.54) is 6.92 Å². The van der Waals surface area contributed by atoms with Crippen molar-refractivity contribution in [1.29, 1.82) is 0 Å². The minimum absolute atomic E-state index is 0.0849. The second-order valence-electron chi connectivity index (χ2n) is 10.4. The van der Waals surface area contributed by atoms with Crippen molar-refractivity contribution in [2.24, 2.45) is 34.5 Å². The third-order valence-corrected chi connectivity index (χ3v) is 9.19. The van der Waals surface area contributed by atoms with Crippen LogP contribution in [0, 0.1) is 34.5 Å². The highest BCUT2D eigenvalue weighted by atomic mass is 16.5. The van der Waals surface area contributed by atoms with Crippen LogP contribution in [0.3, 0.4) is 0 Å². The number of ether oxygens (including phenoxy) is 1. The molecule has 0 aromatic rings. The maximum atomic E-state index is 13.5. The number of hydrogen-bond acceptors (Lipinski definition) is 6. The highest BCUT2D eigenvalue weighted by Crippen LogP contribution is 2.67. The minimum atomic E-state index is -1.63. The Morgan fingerprint density at radius 2 is 1.86 bits per heavy atom. The number of hydrogen-bond donors (Lipinski definition) is 1. The second-order valence-corrected chi connectivity index (χ2v) is 10.4. The van der Waals surface area contributed by atoms with Crippen LogP contribution in [0.15, 0.2) is 0 Å². The van der Waals surface area contributed by atoms with E-state index in [4.69, 9.17) is 4.74 Å². The van der Waals surface area contributed by atoms with Crippen LogP contribution in [-0.2, 0) is 23.9 Å². The summed E-state index contributed by atoms with van der Waals surface area (Å²) >= 11 is 0. The summed E-state index contributed by atoms with van der Waals surface area (Å²) in [7, 11) is 0. The third kappa shape index (κ3) is 2.85. The molecular weight excluding hydrogens is 372 g/mol. The van der Waals surface area contributed by atoms with Gasteiger partial charge in [-0.1, -0.05) is 13.8 Å². The van der Waals surface area contributed by atoms with Gasteiger partial charge in [0.1, 0.15) is 17.2 Å². The average molecular weight is 405 g/mol. The van der Waals surface area contributed by atoms with Crippen molar-refractivity contribution in [1.82, 2.24) is 0 Å². The SMILES string of the molecule is CC(=O)OCC(=O)[C@@]1(O)CC[C@H]2[C@@H]3CC[C@H]4CC(=O)CC[C@]4(C)[C@H]3C(=O)C[C@@]21C. The summed E-state index contributed by atoms with van der Waals surface area (Å²) in [4.78, 5) is 49.5. The van der Waals surface area contributed by atoms with E-state index in [1.807, 2.05) is 6.92 Å². The summed E-state index contributed by atoms with van der Waals surface area (Å²) in [6.07, 6.45) is 4.90. The summed E-state index contributed by atoms with van der Waals surface area (Å²) in [5, 5.41) is 11.4. The minimum Gasteiger partial charge on any atom is -0.458 e. The van der Waals surface area contributed by atoms with Crippen LogP contribution in [0.4, 0.5) is 0 Å². The molecule has 0 heterocycles. The molecule has 1 N–H and O–H groups in total. The molecule has 6 heteroatoms. The molecule has 0 bridgehead atoms. The zero-order chi connectivity index (χ0) is 21.2. The summed E-state index contributed by atoms with van der Waals surface area (Å²) in [6.45, 7) is 4.86. The Morgan fingerprint density at radius 1 is 1.14 bits per heavy atom. The fourth-order valence-corrected chi connectivity index (χ4v) is 7.61. The fourth-order valence-electron chi connectivity index (χ4n) is 7.61. The number of carbonyl (C=O) groups is 4. The smallest absolute Gasteiger partial charge is 0.303 e. The molecule has 0 radical (unpaired) electrons. The lowest BCUT2D eigenvalue weighted by molar-refractivity contribution is -0.180. The van der Waals surface area contributed by atoms with Crippen molar-refractivity contribution < 1.29 is 29.0 Å². The molecule has 4 fully saturated rings. The number of fused-ring (bicyclic) bond motifs is 5. The van der Waals surface area contributed by atoms with E-state index < -0.39 is 29.4 Å². The third-order valence-electron chi connectivity index (χ3n) is 9.19. The Hall–Kier alpha value is -1.56. The lowest BCUT2D eigenvalue weighted by Gasteiger charge is -2.59. The Kier molecular flexibility index (Phi) is 4.80. The predicted molar refractivity (Wildman–Crippen MR) is 104 cm³/mol. The Balaban J connectivity index is 1.64. The standard InChI is InChI=1S/C23H32O6/c1-13(24)29-12-19(27)23(28)9-7-17-16-5-4-14-10-15(25)6-8-21(14,2)20(16)18(26)11-22(17,23)3/h14,16-17,20,28H,4-12H2,1-3H3/t14-,16-,17-,20+,21-,22-,23-/m0/s1. The number of Topliss-reactive ketones (excluding diaryl/α,β-unsaturated/α-hetero) is 3. The molecule has 6 nitrogen and oxygen atoms in total. The quantitative estimate of drug-likeness (QED) is 0.726. The molecular formula is C23H32O6. The van der Waals surface area contributed by atoms with E-state index in [1.54, 1.807) is 0 Å². The fraction of sp³-hybridized carbons (Fsp3) is 0.826. The zero-order valence-corrected chi connectivity index (χ0v) is 17.7. The zero-order valence-electron chi connectivity index (χ0n) is 17.7. The summed E-state index contributed by atoms with van der Waals surface area (Å²) in [6, 6.07) is 0. The Bertz CT molecular complexity index is 773. The number of esters is 1. The van der Waals surface area contributed by atoms with Gasteiger partial charge in [0.2, 0.25) is 5.78 Å². The maximum Gasteiger partial charge on any atom is 0.303 e. The number of aliphatic hydroxyl groups is 1. The molecule has 160 valence electrons. The van der Waals surface area contributed by atoms with Gasteiger partial charge in [-0.15, -0.1) is 0 Å². The Labute approximate surface area is 171 Å². The molecule has 0 aromatic carbocycles. The van der Waals surface area contributed by atoms with Crippen molar-refractivity contribution in [3.63, 3.8) is 0 Å². The molecule has 0 unspecified atom stereocenters. The molecule has 0 saturated heterocycles. The molecule has 7 atom stereocenters. The molecule has 0 aromatic heterocycles. The first kappa shape index (κ1) is 20.7. The van der Waals surface area contributed by atoms with Crippen molar-refractivity contribution in [3.8, 4) is 0 Å². The average Bonchev–Trinajstić information content (AvgIpc) is 2.91. The number of rotatable bonds is 3. The van der Waals surface area contributed by atoms with E-state index in [2.05, 4.69) is 6.92 Å². The van der Waals surface area contributed by atoms with Crippen molar-refractivity contribution in [2.45, 2.75) is 77.7 Å². The second kappa shape index (κ2) is 6.73. The molecule has 0 aliphatic heterocycles. The van der Waals surface area contributed by atoms with E-state index in [0.29, 0.717) is 31.5 Å². The van der Waals surface area contributed by atoms with E-state index >= 15 is 0 Å². The summed E-state index contributed by atoms with van der Waals surface area (Å²) in [5.41, 5.74) is -2.61. The molecule has 0 amide bonds. The lowest BCUT2D eigenvalue weighted by Crippen LogP contribution is -2.62. The molecule has 4 aliphatic rings. The van der Waals surface area contributed by atoms with Gasteiger partial charge in [0.15, 0.2) is 6.61 Å². The van der Waals surface area contributed by atoms with Gasteiger partial charge in [0, 0.05) is 37.5 Å².